The van der Waals surface area contributed by atoms with Crippen LogP contribution in [-0.4, -0.2) is 4.98 Å². The molecule has 1 aliphatic rings. The molecule has 1 atom stereocenters. The van der Waals surface area contributed by atoms with E-state index in [0.29, 0.717) is 16.5 Å². The van der Waals surface area contributed by atoms with Gasteiger partial charge in [0.25, 0.3) is 0 Å². The van der Waals surface area contributed by atoms with Crippen LogP contribution in [0.2, 0.25) is 10.2 Å². The smallest absolute Gasteiger partial charge is 0.147 e. The molecule has 0 N–H and O–H groups in total. The predicted molar refractivity (Wildman–Crippen MR) is 85.6 cm³/mol. The lowest BCUT2D eigenvalue weighted by Crippen LogP contribution is -2.15. The van der Waals surface area contributed by atoms with E-state index >= 15 is 0 Å². The molecule has 3 rings (SSSR count). The molecule has 0 saturated carbocycles. The van der Waals surface area contributed by atoms with Crippen molar-refractivity contribution < 1.29 is 0 Å². The Morgan fingerprint density at radius 2 is 2.05 bits per heavy atom. The summed E-state index contributed by atoms with van der Waals surface area (Å²) in [5, 5.41) is 10.4. The van der Waals surface area contributed by atoms with Gasteiger partial charge in [-0.1, -0.05) is 48.3 Å². The first-order valence-electron chi connectivity index (χ1n) is 6.98. The van der Waals surface area contributed by atoms with Crippen molar-refractivity contribution in [1.82, 2.24) is 4.98 Å². The molecule has 4 heteroatoms. The van der Waals surface area contributed by atoms with Crippen LogP contribution < -0.4 is 0 Å². The standard InChI is InChI=1S/C17H14Cl2N2/c1-10-6-7-15-12(8-10)16(13(9-20)17(19)21-15)11-4-2-3-5-14(11)18/h2-5,10H,6-8H2,1H3/t10-/m0/s1. The Hall–Kier alpha value is -1.56. The number of aromatic nitrogens is 1. The Morgan fingerprint density at radius 1 is 1.29 bits per heavy atom. The van der Waals surface area contributed by atoms with Crippen molar-refractivity contribution in [3.05, 3.63) is 51.3 Å². The molecule has 0 radical (unpaired) electrons. The second-order valence-electron chi connectivity index (χ2n) is 5.52. The van der Waals surface area contributed by atoms with Crippen molar-refractivity contribution in [2.45, 2.75) is 26.2 Å². The summed E-state index contributed by atoms with van der Waals surface area (Å²) >= 11 is 12.6. The lowest BCUT2D eigenvalue weighted by Gasteiger charge is -2.25. The molecule has 0 spiro atoms. The fourth-order valence-corrected chi connectivity index (χ4v) is 3.43. The number of halogens is 2. The van der Waals surface area contributed by atoms with Crippen LogP contribution in [0, 0.1) is 17.2 Å². The van der Waals surface area contributed by atoms with Gasteiger partial charge < -0.3 is 0 Å². The van der Waals surface area contributed by atoms with E-state index in [0.717, 1.165) is 41.6 Å². The summed E-state index contributed by atoms with van der Waals surface area (Å²) in [4.78, 5) is 4.43. The fourth-order valence-electron chi connectivity index (χ4n) is 2.96. The normalized spacial score (nSPS) is 17.1. The Morgan fingerprint density at radius 3 is 2.76 bits per heavy atom. The molecule has 0 bridgehead atoms. The number of rotatable bonds is 1. The maximum atomic E-state index is 9.50. The minimum Gasteiger partial charge on any atom is -0.239 e. The van der Waals surface area contributed by atoms with E-state index in [4.69, 9.17) is 23.2 Å². The maximum absolute atomic E-state index is 9.50. The molecule has 2 aromatic rings. The summed E-state index contributed by atoms with van der Waals surface area (Å²) < 4.78 is 0. The molecule has 1 aromatic heterocycles. The van der Waals surface area contributed by atoms with Crippen LogP contribution in [0.5, 0.6) is 0 Å². The van der Waals surface area contributed by atoms with Gasteiger partial charge in [0.1, 0.15) is 11.2 Å². The maximum Gasteiger partial charge on any atom is 0.147 e. The Labute approximate surface area is 134 Å². The van der Waals surface area contributed by atoms with Gasteiger partial charge in [-0.15, -0.1) is 0 Å². The van der Waals surface area contributed by atoms with Gasteiger partial charge in [-0.25, -0.2) is 4.98 Å². The van der Waals surface area contributed by atoms with Crippen molar-refractivity contribution >= 4 is 23.2 Å². The lowest BCUT2D eigenvalue weighted by molar-refractivity contribution is 0.495. The van der Waals surface area contributed by atoms with Crippen LogP contribution >= 0.6 is 23.2 Å². The van der Waals surface area contributed by atoms with E-state index in [-0.39, 0.29) is 5.15 Å². The van der Waals surface area contributed by atoms with E-state index in [9.17, 15) is 5.26 Å². The second kappa shape index (κ2) is 5.67. The van der Waals surface area contributed by atoms with Crippen molar-refractivity contribution in [1.29, 1.82) is 5.26 Å². The third-order valence-corrected chi connectivity index (χ3v) is 4.62. The predicted octanol–water partition coefficient (Wildman–Crippen LogP) is 5.05. The molecule has 106 valence electrons. The minimum atomic E-state index is 0.278. The highest BCUT2D eigenvalue weighted by molar-refractivity contribution is 6.34. The van der Waals surface area contributed by atoms with Gasteiger partial charge in [-0.3, -0.25) is 0 Å². The highest BCUT2D eigenvalue weighted by atomic mass is 35.5. The molecule has 0 amide bonds. The highest BCUT2D eigenvalue weighted by Gasteiger charge is 2.25. The molecule has 1 aliphatic carbocycles. The SMILES string of the molecule is C[C@H]1CCc2nc(Cl)c(C#N)c(-c3ccccc3Cl)c2C1. The van der Waals surface area contributed by atoms with Gasteiger partial charge in [0.05, 0.1) is 5.56 Å². The minimum absolute atomic E-state index is 0.278. The van der Waals surface area contributed by atoms with Gasteiger partial charge in [0.15, 0.2) is 0 Å². The molecule has 1 heterocycles. The van der Waals surface area contributed by atoms with Crippen molar-refractivity contribution in [2.24, 2.45) is 5.92 Å². The molecule has 2 nitrogen and oxygen atoms in total. The number of nitriles is 1. The summed E-state index contributed by atoms with van der Waals surface area (Å²) in [7, 11) is 0. The fraction of sp³-hybridized carbons (Fsp3) is 0.294. The molecular weight excluding hydrogens is 303 g/mol. The van der Waals surface area contributed by atoms with Gasteiger partial charge in [-0.05, 0) is 36.8 Å². The molecule has 0 aliphatic heterocycles. The highest BCUT2D eigenvalue weighted by Crippen LogP contribution is 2.40. The number of fused-ring (bicyclic) bond motifs is 1. The number of hydrogen-bond donors (Lipinski definition) is 0. The third kappa shape index (κ3) is 2.52. The third-order valence-electron chi connectivity index (χ3n) is 4.02. The second-order valence-corrected chi connectivity index (χ2v) is 6.28. The molecule has 1 aromatic carbocycles. The van der Waals surface area contributed by atoms with Crippen molar-refractivity contribution in [3.63, 3.8) is 0 Å². The summed E-state index contributed by atoms with van der Waals surface area (Å²) in [6, 6.07) is 9.79. The topological polar surface area (TPSA) is 36.7 Å². The van der Waals surface area contributed by atoms with E-state index in [1.807, 2.05) is 24.3 Å². The first-order chi connectivity index (χ1) is 10.1. The van der Waals surface area contributed by atoms with Crippen LogP contribution in [0.15, 0.2) is 24.3 Å². The van der Waals surface area contributed by atoms with Crippen LogP contribution in [0.1, 0.15) is 30.2 Å². The van der Waals surface area contributed by atoms with E-state index < -0.39 is 0 Å². The summed E-state index contributed by atoms with van der Waals surface area (Å²) in [6.07, 6.45) is 2.91. The van der Waals surface area contributed by atoms with Gasteiger partial charge >= 0.3 is 0 Å². The Bertz CT molecular complexity index is 747. The van der Waals surface area contributed by atoms with E-state index in [1.165, 1.54) is 0 Å². The first kappa shape index (κ1) is 14.4. The Balaban J connectivity index is 2.35. The largest absolute Gasteiger partial charge is 0.239 e. The number of benzene rings is 1. The number of nitrogens with zero attached hydrogens (tertiary/aromatic N) is 2. The summed E-state index contributed by atoms with van der Waals surface area (Å²) in [5.41, 5.74) is 4.29. The number of aryl methyl sites for hydroxylation is 1. The quantitative estimate of drug-likeness (QED) is 0.690. The number of pyridine rings is 1. The van der Waals surface area contributed by atoms with E-state index in [1.54, 1.807) is 0 Å². The molecule has 21 heavy (non-hydrogen) atoms. The molecular formula is C17H14Cl2N2. The zero-order valence-corrected chi connectivity index (χ0v) is 13.2. The molecule has 0 fully saturated rings. The van der Waals surface area contributed by atoms with Crippen LogP contribution in [0.25, 0.3) is 11.1 Å². The summed E-state index contributed by atoms with van der Waals surface area (Å²) in [6.45, 7) is 2.22. The summed E-state index contributed by atoms with van der Waals surface area (Å²) in [5.74, 6) is 0.577. The van der Waals surface area contributed by atoms with Crippen molar-refractivity contribution in [2.75, 3.05) is 0 Å². The molecule has 0 unspecified atom stereocenters. The Kier molecular flexibility index (Phi) is 3.89. The zero-order valence-electron chi connectivity index (χ0n) is 11.7. The lowest BCUT2D eigenvalue weighted by atomic mass is 9.82. The average Bonchev–Trinajstić information content (AvgIpc) is 2.47. The average molecular weight is 317 g/mol. The van der Waals surface area contributed by atoms with Crippen molar-refractivity contribution in [3.8, 4) is 17.2 Å². The first-order valence-corrected chi connectivity index (χ1v) is 7.73. The molecule has 0 saturated heterocycles. The van der Waals surface area contributed by atoms with Gasteiger partial charge in [-0.2, -0.15) is 5.26 Å². The van der Waals surface area contributed by atoms with Gasteiger partial charge in [0.2, 0.25) is 0 Å². The van der Waals surface area contributed by atoms with Gasteiger partial charge in [0, 0.05) is 21.8 Å². The zero-order chi connectivity index (χ0) is 15.0. The monoisotopic (exact) mass is 316 g/mol. The van der Waals surface area contributed by atoms with Crippen LogP contribution in [0.4, 0.5) is 0 Å². The van der Waals surface area contributed by atoms with E-state index in [2.05, 4.69) is 18.0 Å². The van der Waals surface area contributed by atoms with Crippen LogP contribution in [0.3, 0.4) is 0 Å². The number of hydrogen-bond acceptors (Lipinski definition) is 2. The van der Waals surface area contributed by atoms with Crippen LogP contribution in [-0.2, 0) is 12.8 Å².